The summed E-state index contributed by atoms with van der Waals surface area (Å²) in [5.74, 6) is 2.98. The van der Waals surface area contributed by atoms with Crippen LogP contribution in [0, 0.1) is 0 Å². The molecular formula is C21H22N4O3. The lowest BCUT2D eigenvalue weighted by atomic mass is 10.3. The van der Waals surface area contributed by atoms with E-state index in [1.54, 1.807) is 32.5 Å². The molecular weight excluding hydrogens is 356 g/mol. The summed E-state index contributed by atoms with van der Waals surface area (Å²) < 4.78 is 16.0. The number of guanidine groups is 1. The minimum Gasteiger partial charge on any atom is -0.497 e. The number of nitrogens with zero attached hydrogens (tertiary/aromatic N) is 2. The minimum absolute atomic E-state index is 0.321. The largest absolute Gasteiger partial charge is 0.497 e. The van der Waals surface area contributed by atoms with Crippen LogP contribution in [0.25, 0.3) is 0 Å². The average Bonchev–Trinajstić information content (AvgIpc) is 2.74. The molecule has 28 heavy (non-hydrogen) atoms. The Morgan fingerprint density at radius 2 is 1.71 bits per heavy atom. The zero-order chi connectivity index (χ0) is 19.8. The molecule has 144 valence electrons. The molecule has 0 saturated heterocycles. The normalized spacial score (nSPS) is 11.0. The van der Waals surface area contributed by atoms with Crippen LogP contribution in [-0.2, 0) is 6.54 Å². The van der Waals surface area contributed by atoms with Crippen molar-refractivity contribution in [3.05, 3.63) is 72.4 Å². The molecule has 0 fully saturated rings. The van der Waals surface area contributed by atoms with Gasteiger partial charge in [-0.15, -0.1) is 0 Å². The Morgan fingerprint density at radius 1 is 0.964 bits per heavy atom. The number of rotatable bonds is 7. The maximum absolute atomic E-state index is 5.93. The Kier molecular flexibility index (Phi) is 6.30. The number of ether oxygens (including phenoxy) is 3. The van der Waals surface area contributed by atoms with Gasteiger partial charge in [0.15, 0.2) is 5.96 Å². The fourth-order valence-corrected chi connectivity index (χ4v) is 2.39. The SMILES string of the molecule is COc1ccc(NC(N)=NCc2ccc(Oc3cccc(OC)c3)nc2)cc1. The number of nitrogens with two attached hydrogens (primary N) is 1. The van der Waals surface area contributed by atoms with Crippen molar-refractivity contribution in [2.75, 3.05) is 19.5 Å². The van der Waals surface area contributed by atoms with Crippen LogP contribution >= 0.6 is 0 Å². The lowest BCUT2D eigenvalue weighted by Crippen LogP contribution is -2.22. The minimum atomic E-state index is 0.321. The van der Waals surface area contributed by atoms with Gasteiger partial charge in [-0.2, -0.15) is 0 Å². The van der Waals surface area contributed by atoms with E-state index in [1.807, 2.05) is 48.5 Å². The van der Waals surface area contributed by atoms with E-state index in [0.29, 0.717) is 24.1 Å². The number of aromatic nitrogens is 1. The lowest BCUT2D eigenvalue weighted by Gasteiger charge is -2.08. The molecule has 0 unspecified atom stereocenters. The summed E-state index contributed by atoms with van der Waals surface area (Å²) in [6.07, 6.45) is 1.71. The summed E-state index contributed by atoms with van der Waals surface area (Å²) in [6, 6.07) is 18.5. The molecule has 0 amide bonds. The van der Waals surface area contributed by atoms with Crippen molar-refractivity contribution >= 4 is 11.6 Å². The van der Waals surface area contributed by atoms with E-state index in [2.05, 4.69) is 15.3 Å². The van der Waals surface area contributed by atoms with Gasteiger partial charge < -0.3 is 25.3 Å². The molecule has 0 atom stereocenters. The molecule has 0 aliphatic heterocycles. The molecule has 0 radical (unpaired) electrons. The first-order valence-electron chi connectivity index (χ1n) is 8.64. The van der Waals surface area contributed by atoms with Crippen LogP contribution in [-0.4, -0.2) is 25.2 Å². The first-order chi connectivity index (χ1) is 13.7. The first-order valence-corrected chi connectivity index (χ1v) is 8.64. The van der Waals surface area contributed by atoms with Crippen LogP contribution in [0.15, 0.2) is 71.9 Å². The molecule has 3 aromatic rings. The summed E-state index contributed by atoms with van der Waals surface area (Å²) >= 11 is 0. The van der Waals surface area contributed by atoms with Crippen LogP contribution in [0.2, 0.25) is 0 Å². The van der Waals surface area contributed by atoms with E-state index < -0.39 is 0 Å². The number of nitrogens with one attached hydrogen (secondary N) is 1. The highest BCUT2D eigenvalue weighted by Gasteiger charge is 2.02. The Hall–Kier alpha value is -3.74. The summed E-state index contributed by atoms with van der Waals surface area (Å²) in [6.45, 7) is 0.404. The van der Waals surface area contributed by atoms with Crippen LogP contribution in [0.3, 0.4) is 0 Å². The van der Waals surface area contributed by atoms with Gasteiger partial charge in [-0.05, 0) is 42.0 Å². The Balaban J connectivity index is 1.56. The van der Waals surface area contributed by atoms with E-state index in [9.17, 15) is 0 Å². The molecule has 1 aromatic heterocycles. The Labute approximate surface area is 163 Å². The zero-order valence-electron chi connectivity index (χ0n) is 15.8. The molecule has 3 N–H and O–H groups in total. The smallest absolute Gasteiger partial charge is 0.219 e. The molecule has 7 nitrogen and oxygen atoms in total. The fourth-order valence-electron chi connectivity index (χ4n) is 2.39. The molecule has 3 rings (SSSR count). The van der Waals surface area contributed by atoms with Crippen molar-refractivity contribution < 1.29 is 14.2 Å². The van der Waals surface area contributed by atoms with Gasteiger partial charge in [-0.3, -0.25) is 0 Å². The van der Waals surface area contributed by atoms with Gasteiger partial charge >= 0.3 is 0 Å². The van der Waals surface area contributed by atoms with Crippen LogP contribution < -0.4 is 25.3 Å². The van der Waals surface area contributed by atoms with Crippen molar-refractivity contribution in [1.29, 1.82) is 0 Å². The highest BCUT2D eigenvalue weighted by molar-refractivity contribution is 5.92. The van der Waals surface area contributed by atoms with Gasteiger partial charge in [0.1, 0.15) is 17.2 Å². The van der Waals surface area contributed by atoms with Crippen LogP contribution in [0.4, 0.5) is 5.69 Å². The zero-order valence-corrected chi connectivity index (χ0v) is 15.8. The molecule has 0 saturated carbocycles. The van der Waals surface area contributed by atoms with Crippen molar-refractivity contribution in [2.24, 2.45) is 10.7 Å². The number of hydrogen-bond acceptors (Lipinski definition) is 5. The van der Waals surface area contributed by atoms with Gasteiger partial charge in [0.2, 0.25) is 5.88 Å². The number of hydrogen-bond donors (Lipinski definition) is 2. The number of anilines is 1. The quantitative estimate of drug-likeness (QED) is 0.480. The number of benzene rings is 2. The van der Waals surface area contributed by atoms with Crippen LogP contribution in [0.1, 0.15) is 5.56 Å². The molecule has 0 aliphatic rings. The van der Waals surface area contributed by atoms with Crippen molar-refractivity contribution in [1.82, 2.24) is 4.98 Å². The molecule has 0 aliphatic carbocycles. The van der Waals surface area contributed by atoms with Crippen LogP contribution in [0.5, 0.6) is 23.1 Å². The monoisotopic (exact) mass is 378 g/mol. The Bertz CT molecular complexity index is 925. The van der Waals surface area contributed by atoms with E-state index >= 15 is 0 Å². The van der Waals surface area contributed by atoms with Gasteiger partial charge in [-0.25, -0.2) is 9.98 Å². The van der Waals surface area contributed by atoms with Crippen molar-refractivity contribution in [3.63, 3.8) is 0 Å². The molecule has 7 heteroatoms. The highest BCUT2D eigenvalue weighted by Crippen LogP contribution is 2.23. The summed E-state index contributed by atoms with van der Waals surface area (Å²) in [7, 11) is 3.24. The Morgan fingerprint density at radius 3 is 2.39 bits per heavy atom. The summed E-state index contributed by atoms with van der Waals surface area (Å²) in [4.78, 5) is 8.63. The molecule has 0 spiro atoms. The number of methoxy groups -OCH3 is 2. The second kappa shape index (κ2) is 9.27. The van der Waals surface area contributed by atoms with Gasteiger partial charge in [0.05, 0.1) is 20.8 Å². The fraction of sp³-hybridized carbons (Fsp3) is 0.143. The van der Waals surface area contributed by atoms with E-state index in [-0.39, 0.29) is 0 Å². The third-order valence-corrected chi connectivity index (χ3v) is 3.86. The van der Waals surface area contributed by atoms with Gasteiger partial charge in [0.25, 0.3) is 0 Å². The molecule has 1 heterocycles. The van der Waals surface area contributed by atoms with E-state index in [4.69, 9.17) is 19.9 Å². The second-order valence-electron chi connectivity index (χ2n) is 5.84. The maximum atomic E-state index is 5.93. The third kappa shape index (κ3) is 5.38. The van der Waals surface area contributed by atoms with E-state index in [0.717, 1.165) is 22.7 Å². The van der Waals surface area contributed by atoms with Gasteiger partial charge in [-0.1, -0.05) is 12.1 Å². The average molecular weight is 378 g/mol. The predicted molar refractivity (Wildman–Crippen MR) is 109 cm³/mol. The number of pyridine rings is 1. The topological polar surface area (TPSA) is 91.0 Å². The second-order valence-corrected chi connectivity index (χ2v) is 5.84. The molecule has 2 aromatic carbocycles. The van der Waals surface area contributed by atoms with Gasteiger partial charge in [0, 0.05) is 24.0 Å². The summed E-state index contributed by atoms with van der Waals surface area (Å²) in [5, 5.41) is 3.03. The predicted octanol–water partition coefficient (Wildman–Crippen LogP) is 3.82. The third-order valence-electron chi connectivity index (χ3n) is 3.86. The first kappa shape index (κ1) is 19.0. The standard InChI is InChI=1S/C21H22N4O3/c1-26-17-9-7-16(8-10-17)25-21(22)24-14-15-6-11-20(23-13-15)28-19-5-3-4-18(12-19)27-2/h3-13H,14H2,1-2H3,(H3,22,24,25). The van der Waals surface area contributed by atoms with Crippen molar-refractivity contribution in [2.45, 2.75) is 6.54 Å². The highest BCUT2D eigenvalue weighted by atomic mass is 16.5. The maximum Gasteiger partial charge on any atom is 0.219 e. The lowest BCUT2D eigenvalue weighted by molar-refractivity contribution is 0.407. The van der Waals surface area contributed by atoms with E-state index in [1.165, 1.54) is 0 Å². The summed E-state index contributed by atoms with van der Waals surface area (Å²) in [5.41, 5.74) is 7.68. The number of aliphatic imine (C=N–C) groups is 1. The van der Waals surface area contributed by atoms with Crippen molar-refractivity contribution in [3.8, 4) is 23.1 Å². The molecule has 0 bridgehead atoms.